The lowest BCUT2D eigenvalue weighted by atomic mass is 10.2. The number of hydrogen-bond donors (Lipinski definition) is 2. The molecule has 4 heterocycles. The Bertz CT molecular complexity index is 973. The van der Waals surface area contributed by atoms with E-state index in [1.54, 1.807) is 0 Å². The molecule has 0 spiro atoms. The number of rotatable bonds is 2. The summed E-state index contributed by atoms with van der Waals surface area (Å²) in [5.41, 5.74) is 1.23. The molecule has 0 bridgehead atoms. The van der Waals surface area contributed by atoms with Gasteiger partial charge in [0.2, 0.25) is 5.82 Å². The zero-order chi connectivity index (χ0) is 15.3. The van der Waals surface area contributed by atoms with E-state index in [0.29, 0.717) is 21.8 Å². The Kier molecular flexibility index (Phi) is 2.79. The molecule has 0 atom stereocenters. The summed E-state index contributed by atoms with van der Waals surface area (Å²) in [6.45, 7) is 0. The fraction of sp³-hybridized carbons (Fsp3) is 0. The van der Waals surface area contributed by atoms with E-state index in [4.69, 9.17) is 0 Å². The van der Waals surface area contributed by atoms with Gasteiger partial charge in [-0.15, -0.1) is 0 Å². The normalized spacial score (nSPS) is 11.4. The minimum absolute atomic E-state index is 0.0260. The highest BCUT2D eigenvalue weighted by molar-refractivity contribution is 9.10. The van der Waals surface area contributed by atoms with Gasteiger partial charge in [-0.05, 0) is 15.9 Å². The molecule has 7 nitrogen and oxygen atoms in total. The van der Waals surface area contributed by atoms with Crippen molar-refractivity contribution in [1.29, 1.82) is 0 Å². The Hall–Kier alpha value is -2.62. The molecule has 4 aromatic heterocycles. The molecule has 10 heteroatoms. The molecule has 2 N–H and O–H groups in total. The zero-order valence-corrected chi connectivity index (χ0v) is 12.3. The van der Waals surface area contributed by atoms with E-state index in [0.717, 1.165) is 12.3 Å². The average Bonchev–Trinajstić information content (AvgIpc) is 3.16. The Balaban J connectivity index is 2.11. The molecular formula is C12H6BrF2N7. The van der Waals surface area contributed by atoms with Crippen molar-refractivity contribution in [1.82, 2.24) is 34.5 Å². The van der Waals surface area contributed by atoms with Gasteiger partial charge in [0.05, 0.1) is 18.2 Å². The Morgan fingerprint density at radius 3 is 2.77 bits per heavy atom. The summed E-state index contributed by atoms with van der Waals surface area (Å²) in [6, 6.07) is 0.775. The third-order valence-corrected chi connectivity index (χ3v) is 3.42. The predicted molar refractivity (Wildman–Crippen MR) is 75.8 cm³/mol. The first-order chi connectivity index (χ1) is 10.6. The van der Waals surface area contributed by atoms with Crippen LogP contribution in [0.3, 0.4) is 0 Å². The van der Waals surface area contributed by atoms with Crippen molar-refractivity contribution in [3.8, 4) is 22.9 Å². The van der Waals surface area contributed by atoms with Crippen LogP contribution in [0.15, 0.2) is 29.5 Å². The molecule has 0 amide bonds. The van der Waals surface area contributed by atoms with E-state index in [2.05, 4.69) is 46.1 Å². The van der Waals surface area contributed by atoms with Crippen LogP contribution >= 0.6 is 15.9 Å². The van der Waals surface area contributed by atoms with Crippen LogP contribution in [0.25, 0.3) is 28.6 Å². The molecule has 22 heavy (non-hydrogen) atoms. The van der Waals surface area contributed by atoms with Crippen LogP contribution in [0.1, 0.15) is 0 Å². The molecule has 0 aliphatic carbocycles. The average molecular weight is 366 g/mol. The lowest BCUT2D eigenvalue weighted by Crippen LogP contribution is -1.94. The van der Waals surface area contributed by atoms with Crippen molar-refractivity contribution in [2.75, 3.05) is 0 Å². The van der Waals surface area contributed by atoms with E-state index in [9.17, 15) is 8.78 Å². The first kappa shape index (κ1) is 13.1. The molecule has 0 radical (unpaired) electrons. The fourth-order valence-corrected chi connectivity index (χ4v) is 2.48. The maximum Gasteiger partial charge on any atom is 0.202 e. The van der Waals surface area contributed by atoms with Crippen LogP contribution in [0.4, 0.5) is 8.78 Å². The van der Waals surface area contributed by atoms with Gasteiger partial charge in [-0.25, -0.2) is 18.7 Å². The summed E-state index contributed by atoms with van der Waals surface area (Å²) in [4.78, 5) is 15.1. The third-order valence-electron chi connectivity index (χ3n) is 3.07. The zero-order valence-electron chi connectivity index (χ0n) is 10.7. The maximum absolute atomic E-state index is 14.0. The first-order valence-electron chi connectivity index (χ1n) is 6.07. The second-order valence-electron chi connectivity index (χ2n) is 4.42. The van der Waals surface area contributed by atoms with Crippen LogP contribution in [-0.4, -0.2) is 34.5 Å². The molecule has 0 saturated carbocycles. The number of nitrogens with one attached hydrogen (secondary N) is 2. The molecule has 0 saturated heterocycles. The summed E-state index contributed by atoms with van der Waals surface area (Å²) in [7, 11) is 0. The van der Waals surface area contributed by atoms with Gasteiger partial charge in [-0.3, -0.25) is 9.50 Å². The van der Waals surface area contributed by atoms with Gasteiger partial charge in [0.25, 0.3) is 0 Å². The SMILES string of the molecule is Fc1cc(F)c2nc(-c3n[nH]c(Br)n3)c(-c3cnc[nH]3)n2c1. The molecule has 0 fully saturated rings. The predicted octanol–water partition coefficient (Wildman–Crippen LogP) is 2.55. The van der Waals surface area contributed by atoms with Gasteiger partial charge in [0.15, 0.2) is 16.2 Å². The number of imidazole rings is 2. The largest absolute Gasteiger partial charge is 0.343 e. The molecule has 0 aliphatic rings. The van der Waals surface area contributed by atoms with Gasteiger partial charge in [-0.2, -0.15) is 10.1 Å². The van der Waals surface area contributed by atoms with Crippen LogP contribution in [-0.2, 0) is 0 Å². The standard InChI is InChI=1S/C12H6BrF2N7/c13-12-19-10(20-21-12)8-9(7-2-16-4-17-7)22-3-5(14)1-6(15)11(22)18-8/h1-4H,(H,16,17)(H,19,20,21). The summed E-state index contributed by atoms with van der Waals surface area (Å²) in [5, 5.41) is 6.62. The molecule has 0 unspecified atom stereocenters. The first-order valence-corrected chi connectivity index (χ1v) is 6.87. The maximum atomic E-state index is 14.0. The Morgan fingerprint density at radius 1 is 1.23 bits per heavy atom. The van der Waals surface area contributed by atoms with Crippen LogP contribution in [0.5, 0.6) is 0 Å². The van der Waals surface area contributed by atoms with Crippen molar-refractivity contribution < 1.29 is 8.78 Å². The number of nitrogens with zero attached hydrogens (tertiary/aromatic N) is 5. The molecule has 4 aromatic rings. The topological polar surface area (TPSA) is 87.5 Å². The monoisotopic (exact) mass is 365 g/mol. The quantitative estimate of drug-likeness (QED) is 0.571. The van der Waals surface area contributed by atoms with Crippen LogP contribution < -0.4 is 0 Å². The van der Waals surface area contributed by atoms with Crippen molar-refractivity contribution >= 4 is 21.6 Å². The number of aromatic amines is 2. The van der Waals surface area contributed by atoms with Gasteiger partial charge in [-0.1, -0.05) is 0 Å². The molecule has 110 valence electrons. The summed E-state index contributed by atoms with van der Waals surface area (Å²) < 4.78 is 29.3. The highest BCUT2D eigenvalue weighted by Crippen LogP contribution is 2.31. The van der Waals surface area contributed by atoms with E-state index in [1.807, 2.05) is 0 Å². The van der Waals surface area contributed by atoms with Crippen molar-refractivity contribution in [2.45, 2.75) is 0 Å². The van der Waals surface area contributed by atoms with Crippen LogP contribution in [0.2, 0.25) is 0 Å². The smallest absolute Gasteiger partial charge is 0.202 e. The number of hydrogen-bond acceptors (Lipinski definition) is 4. The molecule has 0 aromatic carbocycles. The minimum Gasteiger partial charge on any atom is -0.343 e. The van der Waals surface area contributed by atoms with Crippen molar-refractivity contribution in [3.63, 3.8) is 0 Å². The van der Waals surface area contributed by atoms with E-state index in [-0.39, 0.29) is 11.5 Å². The second kappa shape index (κ2) is 4.70. The Morgan fingerprint density at radius 2 is 2.09 bits per heavy atom. The lowest BCUT2D eigenvalue weighted by Gasteiger charge is -2.01. The van der Waals surface area contributed by atoms with Gasteiger partial charge in [0, 0.05) is 12.3 Å². The molecular weight excluding hydrogens is 360 g/mol. The van der Waals surface area contributed by atoms with Gasteiger partial charge in [0.1, 0.15) is 17.2 Å². The van der Waals surface area contributed by atoms with Crippen molar-refractivity contribution in [2.24, 2.45) is 0 Å². The fourth-order valence-electron chi connectivity index (χ4n) is 2.22. The summed E-state index contributed by atoms with van der Waals surface area (Å²) >= 11 is 3.15. The van der Waals surface area contributed by atoms with Gasteiger partial charge >= 0.3 is 0 Å². The number of fused-ring (bicyclic) bond motifs is 1. The third kappa shape index (κ3) is 1.91. The van der Waals surface area contributed by atoms with Gasteiger partial charge < -0.3 is 4.98 Å². The number of halogens is 3. The van der Waals surface area contributed by atoms with E-state index in [1.165, 1.54) is 16.9 Å². The number of aromatic nitrogens is 7. The number of H-pyrrole nitrogens is 2. The van der Waals surface area contributed by atoms with Crippen molar-refractivity contribution in [3.05, 3.63) is 41.2 Å². The highest BCUT2D eigenvalue weighted by Gasteiger charge is 2.22. The Labute approximate surface area is 129 Å². The minimum atomic E-state index is -0.776. The summed E-state index contributed by atoms with van der Waals surface area (Å²) in [6.07, 6.45) is 4.13. The molecule has 0 aliphatic heterocycles. The number of pyridine rings is 1. The second-order valence-corrected chi connectivity index (χ2v) is 5.18. The van der Waals surface area contributed by atoms with E-state index >= 15 is 0 Å². The van der Waals surface area contributed by atoms with Crippen LogP contribution in [0, 0.1) is 11.6 Å². The van der Waals surface area contributed by atoms with E-state index < -0.39 is 11.6 Å². The lowest BCUT2D eigenvalue weighted by molar-refractivity contribution is 0.577. The molecule has 4 rings (SSSR count). The highest BCUT2D eigenvalue weighted by atomic mass is 79.9. The summed E-state index contributed by atoms with van der Waals surface area (Å²) in [5.74, 6) is -1.24.